The predicted octanol–water partition coefficient (Wildman–Crippen LogP) is 4.15. The normalized spacial score (nSPS) is 12.4. The summed E-state index contributed by atoms with van der Waals surface area (Å²) in [7, 11) is 0. The lowest BCUT2D eigenvalue weighted by Crippen LogP contribution is -2.18. The molecule has 0 saturated carbocycles. The van der Waals surface area contributed by atoms with Gasteiger partial charge in [0.25, 0.3) is 0 Å². The van der Waals surface area contributed by atoms with Crippen LogP contribution in [0.2, 0.25) is 5.02 Å². The maximum Gasteiger partial charge on any atom is 0.126 e. The summed E-state index contributed by atoms with van der Waals surface area (Å²) in [4.78, 5) is 6.98. The summed E-state index contributed by atoms with van der Waals surface area (Å²) in [5.41, 5.74) is 0. The predicted molar refractivity (Wildman–Crippen MR) is 75.1 cm³/mol. The Morgan fingerprint density at radius 1 is 1.35 bits per heavy atom. The zero-order valence-electron chi connectivity index (χ0n) is 9.90. The highest BCUT2D eigenvalue weighted by molar-refractivity contribution is 7.11. The topological polar surface area (TPSA) is 24.9 Å². The molecule has 2 rings (SSSR count). The van der Waals surface area contributed by atoms with Gasteiger partial charge in [-0.3, -0.25) is 0 Å². The summed E-state index contributed by atoms with van der Waals surface area (Å²) in [5, 5.41) is 4.03. The van der Waals surface area contributed by atoms with E-state index in [0.29, 0.717) is 11.1 Å². The first-order valence-corrected chi connectivity index (χ1v) is 6.76. The molecule has 17 heavy (non-hydrogen) atoms. The highest BCUT2D eigenvalue weighted by Gasteiger charge is 2.05. The number of thiophene rings is 1. The Bertz CT molecular complexity index is 478. The number of nitrogens with one attached hydrogen (secondary N) is 1. The van der Waals surface area contributed by atoms with Crippen LogP contribution in [0, 0.1) is 6.92 Å². The van der Waals surface area contributed by atoms with Crippen LogP contribution in [-0.2, 0) is 6.42 Å². The molecule has 0 saturated heterocycles. The second-order valence-electron chi connectivity index (χ2n) is 4.12. The van der Waals surface area contributed by atoms with Crippen LogP contribution in [-0.4, -0.2) is 11.0 Å². The van der Waals surface area contributed by atoms with Crippen molar-refractivity contribution in [2.45, 2.75) is 26.3 Å². The molecule has 0 aromatic carbocycles. The minimum Gasteiger partial charge on any atom is -0.367 e. The molecule has 1 unspecified atom stereocenters. The monoisotopic (exact) mass is 266 g/mol. The van der Waals surface area contributed by atoms with E-state index in [1.165, 1.54) is 9.75 Å². The number of aryl methyl sites for hydroxylation is 1. The average Bonchev–Trinajstić information content (AvgIpc) is 2.67. The maximum atomic E-state index is 5.79. The van der Waals surface area contributed by atoms with Gasteiger partial charge in [0.1, 0.15) is 5.82 Å². The molecule has 0 radical (unpaired) electrons. The summed E-state index contributed by atoms with van der Waals surface area (Å²) in [6, 6.07) is 8.46. The average molecular weight is 267 g/mol. The molecule has 0 aliphatic heterocycles. The minimum absolute atomic E-state index is 0.363. The van der Waals surface area contributed by atoms with Crippen LogP contribution in [0.3, 0.4) is 0 Å². The van der Waals surface area contributed by atoms with E-state index in [1.807, 2.05) is 23.5 Å². The Balaban J connectivity index is 1.93. The molecule has 1 atom stereocenters. The third-order valence-corrected chi connectivity index (χ3v) is 3.67. The van der Waals surface area contributed by atoms with E-state index in [9.17, 15) is 0 Å². The van der Waals surface area contributed by atoms with Crippen LogP contribution >= 0.6 is 22.9 Å². The van der Waals surface area contributed by atoms with Crippen LogP contribution in [0.25, 0.3) is 0 Å². The number of anilines is 1. The quantitative estimate of drug-likeness (QED) is 0.899. The fraction of sp³-hybridized carbons (Fsp3) is 0.308. The Morgan fingerprint density at radius 3 is 2.76 bits per heavy atom. The van der Waals surface area contributed by atoms with Crippen molar-refractivity contribution < 1.29 is 0 Å². The molecule has 2 heterocycles. The van der Waals surface area contributed by atoms with Crippen LogP contribution in [0.15, 0.2) is 30.5 Å². The van der Waals surface area contributed by atoms with E-state index in [-0.39, 0.29) is 0 Å². The summed E-state index contributed by atoms with van der Waals surface area (Å²) in [5.74, 6) is 0.871. The Kier molecular flexibility index (Phi) is 4.02. The van der Waals surface area contributed by atoms with Gasteiger partial charge in [0, 0.05) is 28.4 Å². The molecule has 2 nitrogen and oxygen atoms in total. The third kappa shape index (κ3) is 3.72. The number of hydrogen-bond donors (Lipinski definition) is 1. The van der Waals surface area contributed by atoms with Crippen molar-refractivity contribution in [1.29, 1.82) is 0 Å². The van der Waals surface area contributed by atoms with Gasteiger partial charge in [-0.2, -0.15) is 0 Å². The van der Waals surface area contributed by atoms with Gasteiger partial charge in [-0.1, -0.05) is 11.6 Å². The second-order valence-corrected chi connectivity index (χ2v) is 5.93. The van der Waals surface area contributed by atoms with E-state index >= 15 is 0 Å². The number of halogens is 1. The molecule has 1 N–H and O–H groups in total. The fourth-order valence-electron chi connectivity index (χ4n) is 1.66. The standard InChI is InChI=1S/C13H15ClN2S/c1-9(7-12-5-3-10(2)17-12)16-13-6-4-11(14)8-15-13/h3-6,8-9H,7H2,1-2H3,(H,15,16). The van der Waals surface area contributed by atoms with Crippen molar-refractivity contribution >= 4 is 28.8 Å². The molecule has 90 valence electrons. The van der Waals surface area contributed by atoms with Gasteiger partial charge in [0.05, 0.1) is 5.02 Å². The Hall–Kier alpha value is -1.06. The van der Waals surface area contributed by atoms with E-state index < -0.39 is 0 Å². The van der Waals surface area contributed by atoms with Gasteiger partial charge < -0.3 is 5.32 Å². The Morgan fingerprint density at radius 2 is 2.18 bits per heavy atom. The third-order valence-electron chi connectivity index (χ3n) is 2.43. The molecular formula is C13H15ClN2S. The summed E-state index contributed by atoms with van der Waals surface area (Å²) in [6.07, 6.45) is 2.68. The zero-order valence-corrected chi connectivity index (χ0v) is 11.5. The van der Waals surface area contributed by atoms with Gasteiger partial charge in [0.2, 0.25) is 0 Å². The van der Waals surface area contributed by atoms with Crippen molar-refractivity contribution in [3.8, 4) is 0 Å². The fourth-order valence-corrected chi connectivity index (χ4v) is 2.79. The van der Waals surface area contributed by atoms with Gasteiger partial charge in [0.15, 0.2) is 0 Å². The molecule has 0 fully saturated rings. The van der Waals surface area contributed by atoms with E-state index in [2.05, 4.69) is 36.3 Å². The Labute approximate surface area is 111 Å². The maximum absolute atomic E-state index is 5.79. The van der Waals surface area contributed by atoms with Gasteiger partial charge in [-0.25, -0.2) is 4.98 Å². The molecule has 0 bridgehead atoms. The summed E-state index contributed by atoms with van der Waals surface area (Å²) in [6.45, 7) is 4.29. The first-order valence-electron chi connectivity index (χ1n) is 5.57. The van der Waals surface area contributed by atoms with Gasteiger partial charge in [-0.15, -0.1) is 11.3 Å². The number of aromatic nitrogens is 1. The number of pyridine rings is 1. The van der Waals surface area contributed by atoms with E-state index in [4.69, 9.17) is 11.6 Å². The molecule has 2 aromatic rings. The lowest BCUT2D eigenvalue weighted by Gasteiger charge is -2.13. The number of nitrogens with zero attached hydrogens (tertiary/aromatic N) is 1. The molecule has 2 aromatic heterocycles. The lowest BCUT2D eigenvalue weighted by atomic mass is 10.2. The van der Waals surface area contributed by atoms with Crippen LogP contribution in [0.1, 0.15) is 16.7 Å². The van der Waals surface area contributed by atoms with Crippen molar-refractivity contribution in [3.05, 3.63) is 45.2 Å². The largest absolute Gasteiger partial charge is 0.367 e. The number of rotatable bonds is 4. The second kappa shape index (κ2) is 5.52. The minimum atomic E-state index is 0.363. The van der Waals surface area contributed by atoms with Crippen molar-refractivity contribution in [1.82, 2.24) is 4.98 Å². The van der Waals surface area contributed by atoms with Gasteiger partial charge in [-0.05, 0) is 38.1 Å². The van der Waals surface area contributed by atoms with Crippen molar-refractivity contribution in [2.75, 3.05) is 5.32 Å². The molecule has 0 spiro atoms. The van der Waals surface area contributed by atoms with Crippen LogP contribution in [0.4, 0.5) is 5.82 Å². The smallest absolute Gasteiger partial charge is 0.126 e. The van der Waals surface area contributed by atoms with Gasteiger partial charge >= 0.3 is 0 Å². The van der Waals surface area contributed by atoms with E-state index in [0.717, 1.165) is 12.2 Å². The highest BCUT2D eigenvalue weighted by Crippen LogP contribution is 2.18. The molecule has 0 amide bonds. The summed E-state index contributed by atoms with van der Waals surface area (Å²) < 4.78 is 0. The van der Waals surface area contributed by atoms with Crippen LogP contribution < -0.4 is 5.32 Å². The molecule has 0 aliphatic carbocycles. The zero-order chi connectivity index (χ0) is 12.3. The molecule has 4 heteroatoms. The highest BCUT2D eigenvalue weighted by atomic mass is 35.5. The number of hydrogen-bond acceptors (Lipinski definition) is 3. The molecule has 0 aliphatic rings. The van der Waals surface area contributed by atoms with Crippen molar-refractivity contribution in [2.24, 2.45) is 0 Å². The summed E-state index contributed by atoms with van der Waals surface area (Å²) >= 11 is 7.64. The SMILES string of the molecule is Cc1ccc(CC(C)Nc2ccc(Cl)cn2)s1. The van der Waals surface area contributed by atoms with E-state index in [1.54, 1.807) is 6.20 Å². The lowest BCUT2D eigenvalue weighted by molar-refractivity contribution is 0.794. The van der Waals surface area contributed by atoms with Crippen molar-refractivity contribution in [3.63, 3.8) is 0 Å². The molecular weight excluding hydrogens is 252 g/mol. The first kappa shape index (κ1) is 12.4. The first-order chi connectivity index (χ1) is 8.13. The van der Waals surface area contributed by atoms with Crippen LogP contribution in [0.5, 0.6) is 0 Å².